The van der Waals surface area contributed by atoms with Gasteiger partial charge in [0.1, 0.15) is 11.6 Å². The Morgan fingerprint density at radius 1 is 1.21 bits per heavy atom. The number of halogens is 2. The molecule has 1 aliphatic heterocycles. The third kappa shape index (κ3) is 5.77. The van der Waals surface area contributed by atoms with E-state index in [9.17, 15) is 18.4 Å². The number of aliphatic carboxylic acids is 1. The molecule has 1 heterocycles. The van der Waals surface area contributed by atoms with Crippen molar-refractivity contribution in [1.29, 1.82) is 0 Å². The Balaban J connectivity index is 0.000000221. The molecular formula is C20H21F2N3O3S. The van der Waals surface area contributed by atoms with Gasteiger partial charge >= 0.3 is 5.97 Å². The number of hydrogen-bond donors (Lipinski definition) is 2. The predicted octanol–water partition coefficient (Wildman–Crippen LogP) is 3.43. The molecule has 0 saturated carbocycles. The second kappa shape index (κ2) is 10.0. The van der Waals surface area contributed by atoms with Gasteiger partial charge in [-0.1, -0.05) is 30.3 Å². The quantitative estimate of drug-likeness (QED) is 0.721. The molecular weight excluding hydrogens is 400 g/mol. The molecule has 0 saturated heterocycles. The first-order valence-corrected chi connectivity index (χ1v) is 9.80. The number of nitrogens with zero attached hydrogens (tertiary/aromatic N) is 2. The molecule has 6 nitrogen and oxygen atoms in total. The molecule has 1 unspecified atom stereocenters. The van der Waals surface area contributed by atoms with E-state index in [1.165, 1.54) is 17.0 Å². The highest BCUT2D eigenvalue weighted by molar-refractivity contribution is 7.98. The lowest BCUT2D eigenvalue weighted by Crippen LogP contribution is -2.29. The van der Waals surface area contributed by atoms with Crippen LogP contribution in [0, 0.1) is 5.92 Å². The van der Waals surface area contributed by atoms with Gasteiger partial charge in [-0.15, -0.1) is 11.8 Å². The molecule has 0 fully saturated rings. The highest BCUT2D eigenvalue weighted by atomic mass is 32.2. The molecule has 0 aliphatic carbocycles. The van der Waals surface area contributed by atoms with Crippen LogP contribution >= 0.6 is 11.8 Å². The second-order valence-electron chi connectivity index (χ2n) is 6.19. The van der Waals surface area contributed by atoms with Crippen molar-refractivity contribution in [3.8, 4) is 11.1 Å². The summed E-state index contributed by atoms with van der Waals surface area (Å²) in [6, 6.07) is 15.5. The van der Waals surface area contributed by atoms with Crippen molar-refractivity contribution >= 4 is 29.4 Å². The maximum absolute atomic E-state index is 12.1. The van der Waals surface area contributed by atoms with Crippen LogP contribution in [0.5, 0.6) is 0 Å². The van der Waals surface area contributed by atoms with Crippen LogP contribution < -0.4 is 5.73 Å². The minimum Gasteiger partial charge on any atom is -0.481 e. The van der Waals surface area contributed by atoms with E-state index in [1.807, 2.05) is 48.7 Å². The molecule has 1 atom stereocenters. The van der Waals surface area contributed by atoms with E-state index in [-0.39, 0.29) is 6.54 Å². The monoisotopic (exact) mass is 421 g/mol. The molecule has 0 radical (unpaired) electrons. The molecule has 3 rings (SSSR count). The molecule has 29 heavy (non-hydrogen) atoms. The average molecular weight is 421 g/mol. The molecule has 0 spiro atoms. The van der Waals surface area contributed by atoms with Crippen molar-refractivity contribution in [1.82, 2.24) is 5.01 Å². The fraction of sp³-hybridized carbons (Fsp3) is 0.250. The van der Waals surface area contributed by atoms with E-state index in [0.29, 0.717) is 5.56 Å². The number of primary amides is 1. The fourth-order valence-electron chi connectivity index (χ4n) is 2.79. The van der Waals surface area contributed by atoms with Gasteiger partial charge in [-0.2, -0.15) is 5.10 Å². The summed E-state index contributed by atoms with van der Waals surface area (Å²) < 4.78 is 24.2. The number of hydrazone groups is 1. The van der Waals surface area contributed by atoms with Crippen LogP contribution in [0.1, 0.15) is 10.4 Å². The summed E-state index contributed by atoms with van der Waals surface area (Å²) in [6.07, 6.45) is -0.747. The minimum absolute atomic E-state index is 0.0228. The van der Waals surface area contributed by atoms with Crippen LogP contribution in [0.3, 0.4) is 0 Å². The molecule has 154 valence electrons. The number of amides is 1. The summed E-state index contributed by atoms with van der Waals surface area (Å²) in [4.78, 5) is 23.0. The normalized spacial score (nSPS) is 15.6. The van der Waals surface area contributed by atoms with E-state index >= 15 is 0 Å². The number of rotatable bonds is 5. The lowest BCUT2D eigenvalue weighted by Gasteiger charge is -2.07. The molecule has 2 aromatic rings. The number of carbonyl (C=O) groups is 2. The zero-order valence-electron chi connectivity index (χ0n) is 15.9. The third-order valence-electron chi connectivity index (χ3n) is 4.21. The van der Waals surface area contributed by atoms with E-state index in [4.69, 9.17) is 10.8 Å². The first kappa shape index (κ1) is 22.4. The van der Waals surface area contributed by atoms with Gasteiger partial charge in [-0.3, -0.25) is 14.6 Å². The maximum atomic E-state index is 12.1. The van der Waals surface area contributed by atoms with Crippen molar-refractivity contribution in [3.05, 3.63) is 54.1 Å². The predicted molar refractivity (Wildman–Crippen MR) is 109 cm³/mol. The Morgan fingerprint density at radius 2 is 1.83 bits per heavy atom. The van der Waals surface area contributed by atoms with Crippen LogP contribution in [0.15, 0.2) is 58.5 Å². The van der Waals surface area contributed by atoms with Gasteiger partial charge in [0.2, 0.25) is 5.91 Å². The summed E-state index contributed by atoms with van der Waals surface area (Å²) in [5.41, 5.74) is 7.27. The lowest BCUT2D eigenvalue weighted by molar-refractivity contribution is -0.139. The second-order valence-corrected chi connectivity index (χ2v) is 7.07. The first-order chi connectivity index (χ1) is 13.7. The van der Waals surface area contributed by atoms with Gasteiger partial charge < -0.3 is 10.8 Å². The summed E-state index contributed by atoms with van der Waals surface area (Å²) in [5.74, 6) is -2.80. The van der Waals surface area contributed by atoms with E-state index < -0.39 is 29.9 Å². The highest BCUT2D eigenvalue weighted by Gasteiger charge is 2.36. The van der Waals surface area contributed by atoms with Gasteiger partial charge in [-0.25, -0.2) is 8.78 Å². The molecule has 0 bridgehead atoms. The fourth-order valence-corrected chi connectivity index (χ4v) is 3.19. The Morgan fingerprint density at radius 3 is 2.31 bits per heavy atom. The maximum Gasteiger partial charge on any atom is 0.314 e. The standard InChI is InChI=1S/C14H13NOS.C6H8F2N2O2/c1-17-11-8-6-10(7-9-11)12-4-2-3-5-13(12)14(15)16;1-10-2-3(6(11)12)4(9-10)5(7)8/h2-9H,1H3,(H2,15,16);3,5H,2H2,1H3,(H,11,12). The van der Waals surface area contributed by atoms with Crippen molar-refractivity contribution in [2.24, 2.45) is 16.8 Å². The topological polar surface area (TPSA) is 96.0 Å². The number of thioether (sulfide) groups is 1. The van der Waals surface area contributed by atoms with Crippen LogP contribution in [-0.4, -0.2) is 54.0 Å². The van der Waals surface area contributed by atoms with E-state index in [0.717, 1.165) is 11.1 Å². The minimum atomic E-state index is -2.78. The SMILES string of the molecule is CN1CC(C(=O)O)C(C(F)F)=N1.CSc1ccc(-c2ccccc2C(N)=O)cc1. The smallest absolute Gasteiger partial charge is 0.314 e. The van der Waals surface area contributed by atoms with E-state index in [1.54, 1.807) is 17.8 Å². The summed E-state index contributed by atoms with van der Waals surface area (Å²) in [7, 11) is 1.46. The van der Waals surface area contributed by atoms with Crippen molar-refractivity contribution in [3.63, 3.8) is 0 Å². The number of hydrogen-bond acceptors (Lipinski definition) is 5. The zero-order valence-corrected chi connectivity index (χ0v) is 16.7. The van der Waals surface area contributed by atoms with E-state index in [2.05, 4.69) is 5.10 Å². The van der Waals surface area contributed by atoms with Crippen LogP contribution in [0.2, 0.25) is 0 Å². The summed E-state index contributed by atoms with van der Waals surface area (Å²) >= 11 is 1.69. The first-order valence-electron chi connectivity index (χ1n) is 8.58. The molecule has 3 N–H and O–H groups in total. The molecule has 1 amide bonds. The van der Waals surface area contributed by atoms with Crippen LogP contribution in [-0.2, 0) is 4.79 Å². The number of carbonyl (C=O) groups excluding carboxylic acids is 1. The summed E-state index contributed by atoms with van der Waals surface area (Å²) in [5, 5.41) is 13.1. The van der Waals surface area contributed by atoms with Crippen LogP contribution in [0.25, 0.3) is 11.1 Å². The number of nitrogens with two attached hydrogens (primary N) is 1. The zero-order chi connectivity index (χ0) is 21.6. The number of alkyl halides is 2. The number of benzene rings is 2. The Bertz CT molecular complexity index is 904. The van der Waals surface area contributed by atoms with Crippen molar-refractivity contribution in [2.75, 3.05) is 19.8 Å². The van der Waals surface area contributed by atoms with Crippen LogP contribution in [0.4, 0.5) is 8.78 Å². The van der Waals surface area contributed by atoms with Gasteiger partial charge in [0, 0.05) is 17.5 Å². The molecule has 1 aliphatic rings. The van der Waals surface area contributed by atoms with Gasteiger partial charge in [-0.05, 0) is 35.6 Å². The highest BCUT2D eigenvalue weighted by Crippen LogP contribution is 2.25. The Labute approximate surface area is 171 Å². The number of carboxylic acids is 1. The third-order valence-corrected chi connectivity index (χ3v) is 4.95. The van der Waals surface area contributed by atoms with Gasteiger partial charge in [0.25, 0.3) is 6.43 Å². The molecule has 9 heteroatoms. The Hall–Kier alpha value is -2.94. The largest absolute Gasteiger partial charge is 0.481 e. The average Bonchev–Trinajstić information content (AvgIpc) is 3.11. The van der Waals surface area contributed by atoms with Gasteiger partial charge in [0.05, 0.1) is 6.54 Å². The van der Waals surface area contributed by atoms with Gasteiger partial charge in [0.15, 0.2) is 0 Å². The summed E-state index contributed by atoms with van der Waals surface area (Å²) in [6.45, 7) is 0.0228. The Kier molecular flexibility index (Phi) is 7.72. The number of carboxylic acid groups (broad SMARTS) is 1. The van der Waals surface area contributed by atoms with Crippen molar-refractivity contribution in [2.45, 2.75) is 11.3 Å². The molecule has 2 aromatic carbocycles. The van der Waals surface area contributed by atoms with Crippen molar-refractivity contribution < 1.29 is 23.5 Å². The molecule has 0 aromatic heterocycles. The lowest BCUT2D eigenvalue weighted by atomic mass is 9.99.